The average Bonchev–Trinajstić information content (AvgIpc) is 3.39. The van der Waals surface area contributed by atoms with Crippen molar-refractivity contribution in [3.8, 4) is 11.4 Å². The molecule has 1 aromatic carbocycles. The van der Waals surface area contributed by atoms with Crippen LogP contribution in [0.4, 0.5) is 5.82 Å². The Hall–Kier alpha value is -3.07. The SMILES string of the molecule is CC(C(=O)Nc1cc(C2CCOCC2)[nH]n1)n1nnc(-c2ccccc2)n1. The van der Waals surface area contributed by atoms with Crippen LogP contribution in [0.1, 0.15) is 37.4 Å². The van der Waals surface area contributed by atoms with Gasteiger partial charge in [0.2, 0.25) is 5.82 Å². The van der Waals surface area contributed by atoms with Gasteiger partial charge in [0.1, 0.15) is 6.04 Å². The van der Waals surface area contributed by atoms with Crippen molar-refractivity contribution in [1.29, 1.82) is 0 Å². The molecule has 9 heteroatoms. The fourth-order valence-corrected chi connectivity index (χ4v) is 3.05. The number of carbonyl (C=O) groups excluding carboxylic acids is 1. The van der Waals surface area contributed by atoms with Crippen LogP contribution in [0.15, 0.2) is 36.4 Å². The normalized spacial score (nSPS) is 16.2. The molecule has 0 saturated carbocycles. The van der Waals surface area contributed by atoms with E-state index in [1.807, 2.05) is 36.4 Å². The number of nitrogens with zero attached hydrogens (tertiary/aromatic N) is 5. The van der Waals surface area contributed by atoms with Gasteiger partial charge in [-0.3, -0.25) is 9.89 Å². The predicted molar refractivity (Wildman–Crippen MR) is 98.0 cm³/mol. The maximum Gasteiger partial charge on any atom is 0.252 e. The molecule has 1 atom stereocenters. The number of ether oxygens (including phenoxy) is 1. The molecule has 0 spiro atoms. The van der Waals surface area contributed by atoms with Crippen molar-refractivity contribution in [3.05, 3.63) is 42.1 Å². The highest BCUT2D eigenvalue weighted by Gasteiger charge is 2.22. The number of aromatic nitrogens is 6. The second-order valence-electron chi connectivity index (χ2n) is 6.56. The fraction of sp³-hybridized carbons (Fsp3) is 0.389. The van der Waals surface area contributed by atoms with E-state index in [1.54, 1.807) is 6.92 Å². The number of aromatic amines is 1. The third kappa shape index (κ3) is 3.87. The van der Waals surface area contributed by atoms with Gasteiger partial charge in [-0.15, -0.1) is 10.2 Å². The van der Waals surface area contributed by atoms with Crippen LogP contribution in [-0.4, -0.2) is 49.5 Å². The van der Waals surface area contributed by atoms with Crippen molar-refractivity contribution < 1.29 is 9.53 Å². The molecule has 2 aromatic heterocycles. The first kappa shape index (κ1) is 17.3. The summed E-state index contributed by atoms with van der Waals surface area (Å²) in [7, 11) is 0. The number of rotatable bonds is 5. The third-order valence-electron chi connectivity index (χ3n) is 4.70. The minimum Gasteiger partial charge on any atom is -0.381 e. The molecule has 1 saturated heterocycles. The number of nitrogens with one attached hydrogen (secondary N) is 2. The lowest BCUT2D eigenvalue weighted by Gasteiger charge is -2.20. The van der Waals surface area contributed by atoms with Gasteiger partial charge in [-0.2, -0.15) is 9.90 Å². The van der Waals surface area contributed by atoms with Crippen molar-refractivity contribution >= 4 is 11.7 Å². The predicted octanol–water partition coefficient (Wildman–Crippen LogP) is 2.16. The van der Waals surface area contributed by atoms with Gasteiger partial charge in [0.05, 0.1) is 0 Å². The topological polar surface area (TPSA) is 111 Å². The molecule has 1 unspecified atom stereocenters. The minimum absolute atomic E-state index is 0.253. The third-order valence-corrected chi connectivity index (χ3v) is 4.70. The van der Waals surface area contributed by atoms with E-state index in [-0.39, 0.29) is 5.91 Å². The van der Waals surface area contributed by atoms with Crippen molar-refractivity contribution in [1.82, 2.24) is 30.4 Å². The fourth-order valence-electron chi connectivity index (χ4n) is 3.05. The average molecular weight is 367 g/mol. The van der Waals surface area contributed by atoms with Crippen molar-refractivity contribution in [2.24, 2.45) is 0 Å². The molecule has 4 rings (SSSR count). The van der Waals surface area contributed by atoms with Crippen LogP contribution in [0.25, 0.3) is 11.4 Å². The van der Waals surface area contributed by atoms with Gasteiger partial charge in [-0.1, -0.05) is 30.3 Å². The first-order valence-electron chi connectivity index (χ1n) is 8.99. The Morgan fingerprint density at radius 3 is 2.85 bits per heavy atom. The summed E-state index contributed by atoms with van der Waals surface area (Å²) >= 11 is 0. The summed E-state index contributed by atoms with van der Waals surface area (Å²) in [6.07, 6.45) is 1.91. The van der Waals surface area contributed by atoms with Crippen LogP contribution in [0.2, 0.25) is 0 Å². The van der Waals surface area contributed by atoms with Crippen LogP contribution >= 0.6 is 0 Å². The molecule has 1 fully saturated rings. The molecular formula is C18H21N7O2. The summed E-state index contributed by atoms with van der Waals surface area (Å²) < 4.78 is 5.38. The van der Waals surface area contributed by atoms with Crippen molar-refractivity contribution in [2.75, 3.05) is 18.5 Å². The molecule has 1 aliphatic heterocycles. The smallest absolute Gasteiger partial charge is 0.252 e. The first-order valence-corrected chi connectivity index (χ1v) is 8.99. The Morgan fingerprint density at radius 1 is 1.30 bits per heavy atom. The Balaban J connectivity index is 1.41. The molecule has 0 aliphatic carbocycles. The first-order chi connectivity index (χ1) is 13.2. The van der Waals surface area contributed by atoms with Crippen LogP contribution in [-0.2, 0) is 9.53 Å². The van der Waals surface area contributed by atoms with E-state index < -0.39 is 6.04 Å². The molecule has 2 N–H and O–H groups in total. The molecule has 140 valence electrons. The number of amides is 1. The summed E-state index contributed by atoms with van der Waals surface area (Å²) in [5.74, 6) is 1.12. The van der Waals surface area contributed by atoms with Gasteiger partial charge in [0.25, 0.3) is 5.91 Å². The van der Waals surface area contributed by atoms with Crippen LogP contribution < -0.4 is 5.32 Å². The zero-order valence-corrected chi connectivity index (χ0v) is 15.0. The largest absolute Gasteiger partial charge is 0.381 e. The summed E-state index contributed by atoms with van der Waals surface area (Å²) in [5, 5.41) is 22.4. The number of benzene rings is 1. The molecule has 9 nitrogen and oxygen atoms in total. The molecular weight excluding hydrogens is 346 g/mol. The highest BCUT2D eigenvalue weighted by Crippen LogP contribution is 2.26. The summed E-state index contributed by atoms with van der Waals surface area (Å²) in [6.45, 7) is 3.23. The highest BCUT2D eigenvalue weighted by molar-refractivity contribution is 5.92. The van der Waals surface area contributed by atoms with Gasteiger partial charge < -0.3 is 10.1 Å². The highest BCUT2D eigenvalue weighted by atomic mass is 16.5. The monoisotopic (exact) mass is 367 g/mol. The van der Waals surface area contributed by atoms with Crippen LogP contribution in [0.3, 0.4) is 0 Å². The van der Waals surface area contributed by atoms with Gasteiger partial charge in [0.15, 0.2) is 5.82 Å². The van der Waals surface area contributed by atoms with E-state index >= 15 is 0 Å². The molecule has 1 aliphatic rings. The molecule has 3 heterocycles. The maximum atomic E-state index is 12.5. The molecule has 1 amide bonds. The Morgan fingerprint density at radius 2 is 2.07 bits per heavy atom. The number of anilines is 1. The Bertz CT molecular complexity index is 899. The second-order valence-corrected chi connectivity index (χ2v) is 6.56. The minimum atomic E-state index is -0.613. The lowest BCUT2D eigenvalue weighted by Crippen LogP contribution is -2.25. The van der Waals surface area contributed by atoms with Crippen molar-refractivity contribution in [3.63, 3.8) is 0 Å². The Kier molecular flexibility index (Phi) is 4.93. The Labute approximate surface area is 156 Å². The summed E-state index contributed by atoms with van der Waals surface area (Å²) in [5.41, 5.74) is 1.87. The van der Waals surface area contributed by atoms with Gasteiger partial charge in [-0.25, -0.2) is 0 Å². The van der Waals surface area contributed by atoms with E-state index in [0.29, 0.717) is 17.6 Å². The molecule has 3 aromatic rings. The standard InChI is InChI=1S/C18H21N7O2/c1-12(25-23-17(22-24-25)14-5-3-2-4-6-14)18(26)19-16-11-15(20-21-16)13-7-9-27-10-8-13/h2-6,11-13H,7-10H2,1H3,(H2,19,20,21,26). The summed E-state index contributed by atoms with van der Waals surface area (Å²) in [4.78, 5) is 13.8. The van der Waals surface area contributed by atoms with E-state index in [9.17, 15) is 4.79 Å². The number of hydrogen-bond donors (Lipinski definition) is 2. The zero-order valence-electron chi connectivity index (χ0n) is 15.0. The second kappa shape index (κ2) is 7.67. The molecule has 0 bridgehead atoms. The quantitative estimate of drug-likeness (QED) is 0.715. The molecule has 0 radical (unpaired) electrons. The lowest BCUT2D eigenvalue weighted by molar-refractivity contribution is -0.119. The van der Waals surface area contributed by atoms with E-state index in [1.165, 1.54) is 4.80 Å². The van der Waals surface area contributed by atoms with E-state index in [2.05, 4.69) is 30.9 Å². The van der Waals surface area contributed by atoms with Crippen LogP contribution in [0.5, 0.6) is 0 Å². The zero-order chi connectivity index (χ0) is 18.6. The van der Waals surface area contributed by atoms with E-state index in [0.717, 1.165) is 37.3 Å². The summed E-state index contributed by atoms with van der Waals surface area (Å²) in [6, 6.07) is 10.8. The lowest BCUT2D eigenvalue weighted by atomic mass is 9.97. The number of hydrogen-bond acceptors (Lipinski definition) is 6. The maximum absolute atomic E-state index is 12.5. The molecule has 27 heavy (non-hydrogen) atoms. The number of tetrazole rings is 1. The van der Waals surface area contributed by atoms with Gasteiger partial charge in [0, 0.05) is 36.5 Å². The van der Waals surface area contributed by atoms with E-state index in [4.69, 9.17) is 4.74 Å². The number of carbonyl (C=O) groups is 1. The van der Waals surface area contributed by atoms with Crippen LogP contribution in [0, 0.1) is 0 Å². The van der Waals surface area contributed by atoms with Crippen molar-refractivity contribution in [2.45, 2.75) is 31.7 Å². The van der Waals surface area contributed by atoms with Gasteiger partial charge in [-0.05, 0) is 25.0 Å². The van der Waals surface area contributed by atoms with Gasteiger partial charge >= 0.3 is 0 Å². The number of H-pyrrole nitrogens is 1.